The minimum Gasteiger partial charge on any atom is -0.436 e. The van der Waals surface area contributed by atoms with Crippen LogP contribution < -0.4 is 0 Å². The normalized spacial score (nSPS) is 11.5. The highest BCUT2D eigenvalue weighted by molar-refractivity contribution is 14.1. The van der Waals surface area contributed by atoms with Crippen LogP contribution in [0.4, 0.5) is 0 Å². The third-order valence-corrected chi connectivity index (χ3v) is 5.42. The van der Waals surface area contributed by atoms with Gasteiger partial charge in [-0.2, -0.15) is 0 Å². The maximum Gasteiger partial charge on any atom is 0.227 e. The first-order valence-corrected chi connectivity index (χ1v) is 10.0. The number of oxazole rings is 2. The first kappa shape index (κ1) is 16.2. The number of aromatic nitrogens is 2. The zero-order valence-corrected chi connectivity index (χ0v) is 17.6. The summed E-state index contributed by atoms with van der Waals surface area (Å²) in [5, 5.41) is 0. The van der Waals surface area contributed by atoms with Gasteiger partial charge in [-0.3, -0.25) is 0 Å². The first-order chi connectivity index (χ1) is 12.7. The average Bonchev–Trinajstić information content (AvgIpc) is 3.25. The van der Waals surface area contributed by atoms with Crippen LogP contribution in [-0.2, 0) is 0 Å². The summed E-state index contributed by atoms with van der Waals surface area (Å²) in [6.45, 7) is 0. The van der Waals surface area contributed by atoms with E-state index in [1.807, 2.05) is 60.7 Å². The van der Waals surface area contributed by atoms with Crippen molar-refractivity contribution in [2.45, 2.75) is 0 Å². The van der Waals surface area contributed by atoms with Gasteiger partial charge in [-0.1, -0.05) is 0 Å². The molecule has 5 aromatic rings. The summed E-state index contributed by atoms with van der Waals surface area (Å²) in [6.07, 6.45) is 0. The molecular formula is C20H10I2N2O2. The van der Waals surface area contributed by atoms with Gasteiger partial charge in [0.15, 0.2) is 11.2 Å². The van der Waals surface area contributed by atoms with E-state index >= 15 is 0 Å². The topological polar surface area (TPSA) is 52.1 Å². The van der Waals surface area contributed by atoms with E-state index in [4.69, 9.17) is 8.83 Å². The fourth-order valence-electron chi connectivity index (χ4n) is 2.80. The van der Waals surface area contributed by atoms with Crippen molar-refractivity contribution in [1.82, 2.24) is 9.97 Å². The monoisotopic (exact) mass is 564 g/mol. The maximum atomic E-state index is 5.86. The van der Waals surface area contributed by atoms with Crippen LogP contribution in [0.1, 0.15) is 0 Å². The minimum absolute atomic E-state index is 0.612. The predicted molar refractivity (Wildman–Crippen MR) is 118 cm³/mol. The molecule has 0 saturated carbocycles. The Morgan fingerprint density at radius 3 is 1.42 bits per heavy atom. The summed E-state index contributed by atoms with van der Waals surface area (Å²) >= 11 is 4.54. The summed E-state index contributed by atoms with van der Waals surface area (Å²) in [6, 6.07) is 19.8. The van der Waals surface area contributed by atoms with Crippen LogP contribution in [0.25, 0.3) is 45.1 Å². The molecule has 2 heterocycles. The highest BCUT2D eigenvalue weighted by Gasteiger charge is 2.11. The Morgan fingerprint density at radius 1 is 0.577 bits per heavy atom. The number of rotatable bonds is 2. The van der Waals surface area contributed by atoms with Crippen molar-refractivity contribution in [2.75, 3.05) is 0 Å². The molecule has 6 heteroatoms. The molecule has 0 fully saturated rings. The van der Waals surface area contributed by atoms with Crippen LogP contribution in [0.15, 0.2) is 69.5 Å². The second kappa shape index (κ2) is 6.34. The SMILES string of the molecule is Ic1ccc2oc(-c3ccc(-c4nc5cc(I)ccc5o4)cc3)nc2c1. The molecule has 0 aliphatic rings. The molecule has 0 spiro atoms. The van der Waals surface area contributed by atoms with E-state index in [0.717, 1.165) is 40.5 Å². The molecule has 0 amide bonds. The summed E-state index contributed by atoms with van der Waals surface area (Å²) in [5.41, 5.74) is 5.15. The number of nitrogens with zero attached hydrogens (tertiary/aromatic N) is 2. The summed E-state index contributed by atoms with van der Waals surface area (Å²) in [7, 11) is 0. The van der Waals surface area contributed by atoms with Crippen LogP contribution >= 0.6 is 45.2 Å². The van der Waals surface area contributed by atoms with Gasteiger partial charge < -0.3 is 8.83 Å². The highest BCUT2D eigenvalue weighted by Crippen LogP contribution is 2.29. The average molecular weight is 564 g/mol. The lowest BCUT2D eigenvalue weighted by molar-refractivity contribution is 0.617. The number of hydrogen-bond acceptors (Lipinski definition) is 4. The fourth-order valence-corrected chi connectivity index (χ4v) is 3.75. The van der Waals surface area contributed by atoms with E-state index < -0.39 is 0 Å². The molecule has 0 atom stereocenters. The number of halogens is 2. The molecule has 126 valence electrons. The van der Waals surface area contributed by atoms with Gasteiger partial charge in [0.1, 0.15) is 11.0 Å². The third-order valence-electron chi connectivity index (χ3n) is 4.08. The van der Waals surface area contributed by atoms with Crippen molar-refractivity contribution in [2.24, 2.45) is 0 Å². The van der Waals surface area contributed by atoms with Crippen LogP contribution in [0.5, 0.6) is 0 Å². The molecule has 4 nitrogen and oxygen atoms in total. The molecular weight excluding hydrogens is 554 g/mol. The van der Waals surface area contributed by atoms with E-state index in [1.165, 1.54) is 0 Å². The van der Waals surface area contributed by atoms with Crippen LogP contribution in [0.3, 0.4) is 0 Å². The van der Waals surface area contributed by atoms with E-state index in [-0.39, 0.29) is 0 Å². The minimum atomic E-state index is 0.612. The van der Waals surface area contributed by atoms with Crippen LogP contribution in [0, 0.1) is 7.14 Å². The Balaban J connectivity index is 1.52. The molecule has 2 aromatic heterocycles. The summed E-state index contributed by atoms with van der Waals surface area (Å²) in [4.78, 5) is 9.16. The molecule has 0 saturated heterocycles. The van der Waals surface area contributed by atoms with Crippen molar-refractivity contribution >= 4 is 67.4 Å². The standard InChI is InChI=1S/C20H10I2N2O2/c21-13-5-7-17-15(9-13)23-19(25-17)11-1-2-12(4-3-11)20-24-16-10-14(22)6-8-18(16)26-20/h1-10H. The van der Waals surface area contributed by atoms with Crippen molar-refractivity contribution in [3.8, 4) is 22.9 Å². The molecule has 0 bridgehead atoms. The van der Waals surface area contributed by atoms with Gasteiger partial charge in [-0.15, -0.1) is 0 Å². The van der Waals surface area contributed by atoms with E-state index in [1.54, 1.807) is 0 Å². The van der Waals surface area contributed by atoms with Gasteiger partial charge in [0.05, 0.1) is 0 Å². The van der Waals surface area contributed by atoms with Gasteiger partial charge in [-0.25, -0.2) is 9.97 Å². The number of fused-ring (bicyclic) bond motifs is 2. The van der Waals surface area contributed by atoms with Crippen molar-refractivity contribution in [1.29, 1.82) is 0 Å². The van der Waals surface area contributed by atoms with E-state index in [2.05, 4.69) is 55.1 Å². The van der Waals surface area contributed by atoms with Crippen molar-refractivity contribution in [3.63, 3.8) is 0 Å². The van der Waals surface area contributed by atoms with Crippen molar-refractivity contribution in [3.05, 3.63) is 67.8 Å². The summed E-state index contributed by atoms with van der Waals surface area (Å²) < 4.78 is 14.0. The Labute approximate surface area is 175 Å². The second-order valence-corrected chi connectivity index (χ2v) is 8.33. The lowest BCUT2D eigenvalue weighted by atomic mass is 10.1. The Kier molecular flexibility index (Phi) is 3.96. The number of benzene rings is 3. The Bertz CT molecular complexity index is 1160. The molecule has 0 radical (unpaired) electrons. The Hall–Kier alpha value is -1.94. The molecule has 3 aromatic carbocycles. The zero-order valence-electron chi connectivity index (χ0n) is 13.2. The molecule has 5 rings (SSSR count). The van der Waals surface area contributed by atoms with Gasteiger partial charge in [-0.05, 0) is 106 Å². The van der Waals surface area contributed by atoms with E-state index in [9.17, 15) is 0 Å². The molecule has 0 aliphatic heterocycles. The molecule has 26 heavy (non-hydrogen) atoms. The maximum absolute atomic E-state index is 5.86. The van der Waals surface area contributed by atoms with Crippen molar-refractivity contribution < 1.29 is 8.83 Å². The van der Waals surface area contributed by atoms with Crippen LogP contribution in [0.2, 0.25) is 0 Å². The fraction of sp³-hybridized carbons (Fsp3) is 0. The molecule has 0 unspecified atom stereocenters. The zero-order chi connectivity index (χ0) is 17.7. The lowest BCUT2D eigenvalue weighted by Crippen LogP contribution is -1.80. The lowest BCUT2D eigenvalue weighted by Gasteiger charge is -1.97. The molecule has 0 N–H and O–H groups in total. The first-order valence-electron chi connectivity index (χ1n) is 7.89. The van der Waals surface area contributed by atoms with Gasteiger partial charge in [0.25, 0.3) is 0 Å². The third kappa shape index (κ3) is 2.90. The molecule has 0 aliphatic carbocycles. The van der Waals surface area contributed by atoms with Gasteiger partial charge in [0.2, 0.25) is 11.8 Å². The highest BCUT2D eigenvalue weighted by atomic mass is 127. The summed E-state index contributed by atoms with van der Waals surface area (Å²) in [5.74, 6) is 1.22. The van der Waals surface area contributed by atoms with Crippen LogP contribution in [-0.4, -0.2) is 9.97 Å². The van der Waals surface area contributed by atoms with E-state index in [0.29, 0.717) is 11.8 Å². The van der Waals surface area contributed by atoms with Gasteiger partial charge in [0, 0.05) is 18.3 Å². The Morgan fingerprint density at radius 2 is 1.00 bits per heavy atom. The smallest absolute Gasteiger partial charge is 0.227 e. The predicted octanol–water partition coefficient (Wildman–Crippen LogP) is 6.51. The number of hydrogen-bond donors (Lipinski definition) is 0. The van der Waals surface area contributed by atoms with Gasteiger partial charge >= 0.3 is 0 Å². The largest absolute Gasteiger partial charge is 0.436 e. The second-order valence-electron chi connectivity index (χ2n) is 5.84. The quantitative estimate of drug-likeness (QED) is 0.230.